The molecule has 0 aliphatic carbocycles. The van der Waals surface area contributed by atoms with Crippen LogP contribution in [0.3, 0.4) is 0 Å². The smallest absolute Gasteiger partial charge is 0.416 e. The number of benzene rings is 2. The van der Waals surface area contributed by atoms with Crippen LogP contribution >= 0.6 is 11.8 Å². The predicted octanol–water partition coefficient (Wildman–Crippen LogP) is 3.35. The number of carbonyl (C=O) groups is 4. The molecule has 2 atom stereocenters. The number of nitrogens with one attached hydrogen (secondary N) is 3. The summed E-state index contributed by atoms with van der Waals surface area (Å²) in [5, 5.41) is 16.7. The number of piperidine rings is 1. The van der Waals surface area contributed by atoms with Crippen LogP contribution in [0.15, 0.2) is 52.3 Å². The number of likely N-dealkylation sites (tertiary alicyclic amines) is 2. The second-order valence-electron chi connectivity index (χ2n) is 10.6. The first kappa shape index (κ1) is 33.9. The van der Waals surface area contributed by atoms with Crippen LogP contribution in [0.4, 0.5) is 28.4 Å². The Kier molecular flexibility index (Phi) is 10.5. The van der Waals surface area contributed by atoms with Crippen molar-refractivity contribution in [2.45, 2.75) is 34.9 Å². The van der Waals surface area contributed by atoms with Gasteiger partial charge in [0.15, 0.2) is 9.84 Å². The number of carboxylic acid groups (broad SMARTS) is 1. The normalized spacial score (nSPS) is 18.5. The van der Waals surface area contributed by atoms with Crippen LogP contribution in [0.1, 0.15) is 28.8 Å². The Hall–Kier alpha value is -3.99. The maximum atomic E-state index is 13.4. The molecule has 0 saturated carbocycles. The monoisotopic (exact) mass is 671 g/mol. The highest BCUT2D eigenvalue weighted by atomic mass is 32.2. The molecule has 2 aromatic carbocycles. The lowest BCUT2D eigenvalue weighted by Gasteiger charge is -2.37. The van der Waals surface area contributed by atoms with Crippen molar-refractivity contribution in [2.75, 3.05) is 50.0 Å². The average Bonchev–Trinajstić information content (AvgIpc) is 2.95. The summed E-state index contributed by atoms with van der Waals surface area (Å²) in [7, 11) is -3.81. The van der Waals surface area contributed by atoms with Crippen LogP contribution in [-0.2, 0) is 20.8 Å². The predicted molar refractivity (Wildman–Crippen MR) is 159 cm³/mol. The van der Waals surface area contributed by atoms with E-state index in [1.807, 2.05) is 6.26 Å². The van der Waals surface area contributed by atoms with E-state index in [0.29, 0.717) is 19.2 Å². The van der Waals surface area contributed by atoms with E-state index in [0.717, 1.165) is 28.3 Å². The van der Waals surface area contributed by atoms with E-state index in [-0.39, 0.29) is 35.8 Å². The molecule has 5 amide bonds. The minimum absolute atomic E-state index is 0.0471. The van der Waals surface area contributed by atoms with Crippen LogP contribution in [0.2, 0.25) is 0 Å². The first-order valence-corrected chi connectivity index (χ1v) is 16.7. The number of rotatable bonds is 9. The molecule has 2 heterocycles. The third-order valence-corrected chi connectivity index (χ3v) is 10.2. The second kappa shape index (κ2) is 14.0. The average molecular weight is 672 g/mol. The molecule has 0 spiro atoms. The molecule has 45 heavy (non-hydrogen) atoms. The number of hydrogen-bond donors (Lipinski definition) is 4. The van der Waals surface area contributed by atoms with Crippen molar-refractivity contribution in [3.63, 3.8) is 0 Å². The third-order valence-electron chi connectivity index (χ3n) is 7.61. The molecule has 2 fully saturated rings. The van der Waals surface area contributed by atoms with Crippen molar-refractivity contribution in [3.8, 4) is 0 Å². The van der Waals surface area contributed by atoms with Gasteiger partial charge in [0.1, 0.15) is 0 Å². The van der Waals surface area contributed by atoms with E-state index >= 15 is 0 Å². The van der Waals surface area contributed by atoms with Gasteiger partial charge in [-0.2, -0.15) is 13.2 Å². The zero-order chi connectivity index (χ0) is 32.9. The molecule has 2 aliphatic rings. The van der Waals surface area contributed by atoms with Gasteiger partial charge >= 0.3 is 18.3 Å². The topological polar surface area (TPSA) is 165 Å². The molecule has 244 valence electrons. The largest absolute Gasteiger partial charge is 0.465 e. The Morgan fingerprint density at radius 3 is 2.29 bits per heavy atom. The molecule has 4 N–H and O–H groups in total. The molecular weight excluding hydrogens is 639 g/mol. The summed E-state index contributed by atoms with van der Waals surface area (Å²) in [5.74, 6) is -2.93. The third kappa shape index (κ3) is 8.59. The number of nitrogens with zero attached hydrogens (tertiary/aromatic N) is 2. The molecule has 0 radical (unpaired) electrons. The Bertz CT molecular complexity index is 1550. The van der Waals surface area contributed by atoms with Gasteiger partial charge in [-0.1, -0.05) is 0 Å². The summed E-state index contributed by atoms with van der Waals surface area (Å²) >= 11 is 1.44. The van der Waals surface area contributed by atoms with E-state index in [2.05, 4.69) is 16.0 Å². The van der Waals surface area contributed by atoms with Crippen LogP contribution in [0, 0.1) is 5.92 Å². The van der Waals surface area contributed by atoms with Gasteiger partial charge < -0.3 is 30.9 Å². The summed E-state index contributed by atoms with van der Waals surface area (Å²) in [5.41, 5.74) is -1.84. The quantitative estimate of drug-likeness (QED) is 0.295. The molecule has 0 aromatic heterocycles. The lowest BCUT2D eigenvalue weighted by atomic mass is 9.93. The Labute approximate surface area is 261 Å². The van der Waals surface area contributed by atoms with E-state index in [4.69, 9.17) is 0 Å². The first-order chi connectivity index (χ1) is 21.2. The van der Waals surface area contributed by atoms with Gasteiger partial charge in [0, 0.05) is 31.1 Å². The van der Waals surface area contributed by atoms with Crippen LogP contribution < -0.4 is 16.0 Å². The number of anilines is 1. The van der Waals surface area contributed by atoms with Gasteiger partial charge in [-0.3, -0.25) is 9.59 Å². The van der Waals surface area contributed by atoms with Crippen LogP contribution in [-0.4, -0.2) is 98.0 Å². The summed E-state index contributed by atoms with van der Waals surface area (Å²) < 4.78 is 66.5. The number of thioether (sulfide) groups is 1. The lowest BCUT2D eigenvalue weighted by Crippen LogP contribution is -2.56. The number of sulfone groups is 1. The van der Waals surface area contributed by atoms with Gasteiger partial charge in [0.05, 0.1) is 40.0 Å². The van der Waals surface area contributed by atoms with Crippen molar-refractivity contribution in [3.05, 3.63) is 53.6 Å². The summed E-state index contributed by atoms with van der Waals surface area (Å²) in [6.45, 7) is 0.0443. The van der Waals surface area contributed by atoms with Crippen molar-refractivity contribution >= 4 is 51.2 Å². The zero-order valence-corrected chi connectivity index (χ0v) is 25.7. The maximum absolute atomic E-state index is 13.4. The Morgan fingerprint density at radius 1 is 1.02 bits per heavy atom. The molecule has 0 bridgehead atoms. The van der Waals surface area contributed by atoms with Gasteiger partial charge in [0.25, 0.3) is 5.91 Å². The fraction of sp³-hybridized carbons (Fsp3) is 0.429. The van der Waals surface area contributed by atoms with Gasteiger partial charge in [-0.05, 0) is 67.5 Å². The summed E-state index contributed by atoms with van der Waals surface area (Å²) in [4.78, 5) is 53.3. The molecule has 4 rings (SSSR count). The van der Waals surface area contributed by atoms with Crippen molar-refractivity contribution < 1.29 is 45.9 Å². The molecule has 2 aliphatic heterocycles. The highest BCUT2D eigenvalue weighted by Gasteiger charge is 2.36. The minimum Gasteiger partial charge on any atom is -0.465 e. The molecule has 12 nitrogen and oxygen atoms in total. The SMILES string of the molecule is CSc1ccc(S(=O)(=O)C[C@@H]2CCN(C(=O)O)C[C@@H]2NC(=O)CNC(=O)c2cc(C(F)(F)F)ccc2NC(=O)N2CCC2)cc1. The zero-order valence-electron chi connectivity index (χ0n) is 24.1. The molecule has 17 heteroatoms. The lowest BCUT2D eigenvalue weighted by molar-refractivity contribution is -0.137. The Morgan fingerprint density at radius 2 is 1.71 bits per heavy atom. The highest BCUT2D eigenvalue weighted by Crippen LogP contribution is 2.32. The van der Waals surface area contributed by atoms with Gasteiger partial charge in [-0.15, -0.1) is 11.8 Å². The summed E-state index contributed by atoms with van der Waals surface area (Å²) in [6, 6.07) is 7.01. The molecule has 2 aromatic rings. The second-order valence-corrected chi connectivity index (χ2v) is 13.5. The minimum atomic E-state index is -4.78. The van der Waals surface area contributed by atoms with Gasteiger partial charge in [0.2, 0.25) is 5.91 Å². The first-order valence-electron chi connectivity index (χ1n) is 13.9. The maximum Gasteiger partial charge on any atom is 0.416 e. The molecule has 0 unspecified atom stereocenters. The van der Waals surface area contributed by atoms with E-state index < -0.39 is 69.6 Å². The van der Waals surface area contributed by atoms with E-state index in [9.17, 15) is 45.9 Å². The summed E-state index contributed by atoms with van der Waals surface area (Å²) in [6.07, 6.45) is -3.29. The number of carbonyl (C=O) groups excluding carboxylic acids is 3. The van der Waals surface area contributed by atoms with Gasteiger partial charge in [-0.25, -0.2) is 18.0 Å². The Balaban J connectivity index is 1.45. The number of urea groups is 1. The van der Waals surface area contributed by atoms with Crippen LogP contribution in [0.25, 0.3) is 0 Å². The standard InChI is InChI=1S/C28H32F3N5O7S2/c1-44-19-4-6-20(7-5-19)45(42,43)16-17-9-12-36(27(40)41)15-23(17)33-24(37)14-32-25(38)21-13-18(28(29,30)31)3-8-22(21)34-26(39)35-10-2-11-35/h3-8,13,17,23H,2,9-12,14-16H2,1H3,(H,32,38)(H,33,37)(H,34,39)(H,40,41)/t17-,23-/m0/s1. The van der Waals surface area contributed by atoms with Crippen molar-refractivity contribution in [1.29, 1.82) is 0 Å². The number of alkyl halides is 3. The molecule has 2 saturated heterocycles. The van der Waals surface area contributed by atoms with Crippen LogP contribution in [0.5, 0.6) is 0 Å². The van der Waals surface area contributed by atoms with E-state index in [1.165, 1.54) is 28.8 Å². The molecular formula is C28H32F3N5O7S2. The highest BCUT2D eigenvalue weighted by molar-refractivity contribution is 7.98. The number of amides is 5. The fourth-order valence-corrected chi connectivity index (χ4v) is 7.06. The van der Waals surface area contributed by atoms with Crippen molar-refractivity contribution in [2.24, 2.45) is 5.92 Å². The number of hydrogen-bond acceptors (Lipinski definition) is 7. The van der Waals surface area contributed by atoms with E-state index in [1.54, 1.807) is 12.1 Å². The number of halogens is 3. The fourth-order valence-electron chi connectivity index (χ4n) is 4.94. The van der Waals surface area contributed by atoms with Crippen molar-refractivity contribution in [1.82, 2.24) is 20.4 Å².